The van der Waals surface area contributed by atoms with Crippen molar-refractivity contribution < 1.29 is 19.1 Å². The Balaban J connectivity index is 1.66. The summed E-state index contributed by atoms with van der Waals surface area (Å²) in [5, 5.41) is 0. The molecule has 2 fully saturated rings. The Labute approximate surface area is 93.6 Å². The molecule has 3 rings (SSSR count). The van der Waals surface area contributed by atoms with Crippen LogP contribution in [0, 0.1) is 11.8 Å². The predicted molar refractivity (Wildman–Crippen MR) is 54.4 cm³/mol. The highest BCUT2D eigenvalue weighted by molar-refractivity contribution is 5.92. The minimum atomic E-state index is -0.674. The first-order valence-corrected chi connectivity index (χ1v) is 5.83. The third-order valence-corrected chi connectivity index (χ3v) is 3.70. The Morgan fingerprint density at radius 1 is 1.38 bits per heavy atom. The molecule has 0 spiro atoms. The molecule has 4 heteroatoms. The highest BCUT2D eigenvalue weighted by Gasteiger charge is 2.39. The standard InChI is InChI=1S/C12H14O4/c13-11(16-10-3-4-15-12(10)14)9-6-7-1-2-8(9)5-7/h6-8,10H,1-5H2/t7-,8+,10?/m1/s1. The summed E-state index contributed by atoms with van der Waals surface area (Å²) >= 11 is 0. The van der Waals surface area contributed by atoms with Gasteiger partial charge in [0.05, 0.1) is 6.61 Å². The van der Waals surface area contributed by atoms with E-state index in [0.717, 1.165) is 18.4 Å². The first-order valence-electron chi connectivity index (χ1n) is 5.83. The van der Waals surface area contributed by atoms with Crippen LogP contribution in [0.3, 0.4) is 0 Å². The molecular weight excluding hydrogens is 208 g/mol. The molecule has 1 heterocycles. The number of carbonyl (C=O) groups excluding carboxylic acids is 2. The molecule has 0 amide bonds. The first-order chi connectivity index (χ1) is 7.74. The lowest BCUT2D eigenvalue weighted by Crippen LogP contribution is -2.25. The number of hydrogen-bond donors (Lipinski definition) is 0. The van der Waals surface area contributed by atoms with Gasteiger partial charge in [0.15, 0.2) is 0 Å². The average molecular weight is 222 g/mol. The molecule has 2 bridgehead atoms. The van der Waals surface area contributed by atoms with Crippen LogP contribution in [0.15, 0.2) is 11.6 Å². The van der Waals surface area contributed by atoms with Crippen molar-refractivity contribution in [3.8, 4) is 0 Å². The summed E-state index contributed by atoms with van der Waals surface area (Å²) in [6.07, 6.45) is 5.20. The second-order valence-corrected chi connectivity index (χ2v) is 4.74. The Kier molecular flexibility index (Phi) is 2.23. The summed E-state index contributed by atoms with van der Waals surface area (Å²) in [4.78, 5) is 23.0. The van der Waals surface area contributed by atoms with Gasteiger partial charge in [0.2, 0.25) is 6.10 Å². The lowest BCUT2D eigenvalue weighted by molar-refractivity contribution is -0.157. The summed E-state index contributed by atoms with van der Waals surface area (Å²) in [6, 6.07) is 0. The second-order valence-electron chi connectivity index (χ2n) is 4.74. The molecule has 1 unspecified atom stereocenters. The number of carbonyl (C=O) groups is 2. The fourth-order valence-corrected chi connectivity index (χ4v) is 2.86. The summed E-state index contributed by atoms with van der Waals surface area (Å²) < 4.78 is 9.93. The normalized spacial score (nSPS) is 36.1. The van der Waals surface area contributed by atoms with Crippen LogP contribution in [0.1, 0.15) is 25.7 Å². The van der Waals surface area contributed by atoms with Gasteiger partial charge in [-0.2, -0.15) is 0 Å². The zero-order valence-electron chi connectivity index (χ0n) is 8.98. The summed E-state index contributed by atoms with van der Waals surface area (Å²) in [5.74, 6) is 0.214. The number of rotatable bonds is 2. The van der Waals surface area contributed by atoms with Crippen LogP contribution in [-0.4, -0.2) is 24.6 Å². The van der Waals surface area contributed by atoms with Gasteiger partial charge >= 0.3 is 11.9 Å². The maximum absolute atomic E-state index is 11.8. The number of fused-ring (bicyclic) bond motifs is 2. The van der Waals surface area contributed by atoms with Crippen LogP contribution in [-0.2, 0) is 19.1 Å². The van der Waals surface area contributed by atoms with E-state index in [1.165, 1.54) is 6.42 Å². The van der Waals surface area contributed by atoms with Crippen molar-refractivity contribution in [2.45, 2.75) is 31.8 Å². The SMILES string of the molecule is O=C(OC1CCOC1=O)C1=C[C@@H]2CC[C@H]1C2. The molecule has 0 aromatic carbocycles. The van der Waals surface area contributed by atoms with Crippen LogP contribution in [0.5, 0.6) is 0 Å². The molecular formula is C12H14O4. The molecule has 0 aromatic heterocycles. The molecule has 2 aliphatic carbocycles. The molecule has 1 saturated heterocycles. The van der Waals surface area contributed by atoms with Crippen LogP contribution >= 0.6 is 0 Å². The van der Waals surface area contributed by atoms with Gasteiger partial charge in [-0.25, -0.2) is 9.59 Å². The molecule has 0 N–H and O–H groups in total. The van der Waals surface area contributed by atoms with Crippen molar-refractivity contribution in [2.24, 2.45) is 11.8 Å². The molecule has 16 heavy (non-hydrogen) atoms. The highest BCUT2D eigenvalue weighted by atomic mass is 16.6. The van der Waals surface area contributed by atoms with Gasteiger partial charge < -0.3 is 9.47 Å². The van der Waals surface area contributed by atoms with Crippen molar-refractivity contribution >= 4 is 11.9 Å². The molecule has 4 nitrogen and oxygen atoms in total. The van der Waals surface area contributed by atoms with Crippen molar-refractivity contribution in [3.63, 3.8) is 0 Å². The summed E-state index contributed by atoms with van der Waals surface area (Å²) in [5.41, 5.74) is 0.788. The quantitative estimate of drug-likeness (QED) is 0.659. The number of esters is 2. The van der Waals surface area contributed by atoms with Crippen LogP contribution in [0.25, 0.3) is 0 Å². The Morgan fingerprint density at radius 3 is 2.81 bits per heavy atom. The van der Waals surface area contributed by atoms with E-state index in [1.807, 2.05) is 6.08 Å². The second kappa shape index (κ2) is 3.61. The van der Waals surface area contributed by atoms with Crippen LogP contribution < -0.4 is 0 Å². The fraction of sp³-hybridized carbons (Fsp3) is 0.667. The van der Waals surface area contributed by atoms with Crippen molar-refractivity contribution in [1.29, 1.82) is 0 Å². The van der Waals surface area contributed by atoms with E-state index < -0.39 is 12.1 Å². The van der Waals surface area contributed by atoms with Gasteiger partial charge in [0, 0.05) is 12.0 Å². The zero-order chi connectivity index (χ0) is 11.1. The Morgan fingerprint density at radius 2 is 2.25 bits per heavy atom. The summed E-state index contributed by atoms with van der Waals surface area (Å²) in [7, 11) is 0. The van der Waals surface area contributed by atoms with Gasteiger partial charge in [0.25, 0.3) is 0 Å². The van der Waals surface area contributed by atoms with Crippen molar-refractivity contribution in [2.75, 3.05) is 6.61 Å². The smallest absolute Gasteiger partial charge is 0.347 e. The topological polar surface area (TPSA) is 52.6 Å². The maximum atomic E-state index is 11.8. The number of hydrogen-bond acceptors (Lipinski definition) is 4. The molecule has 0 aromatic rings. The van der Waals surface area contributed by atoms with E-state index in [-0.39, 0.29) is 5.97 Å². The Hall–Kier alpha value is -1.32. The van der Waals surface area contributed by atoms with E-state index in [4.69, 9.17) is 9.47 Å². The number of allylic oxidation sites excluding steroid dienone is 1. The van der Waals surface area contributed by atoms with Crippen molar-refractivity contribution in [3.05, 3.63) is 11.6 Å². The van der Waals surface area contributed by atoms with E-state index in [0.29, 0.717) is 24.9 Å². The molecule has 1 saturated carbocycles. The minimum Gasteiger partial charge on any atom is -0.463 e. The maximum Gasteiger partial charge on any atom is 0.347 e. The lowest BCUT2D eigenvalue weighted by atomic mass is 9.99. The van der Waals surface area contributed by atoms with Crippen molar-refractivity contribution in [1.82, 2.24) is 0 Å². The molecule has 0 radical (unpaired) electrons. The molecule has 1 aliphatic heterocycles. The van der Waals surface area contributed by atoms with Gasteiger partial charge in [-0.05, 0) is 31.1 Å². The fourth-order valence-electron chi connectivity index (χ4n) is 2.86. The number of cyclic esters (lactones) is 1. The van der Waals surface area contributed by atoms with E-state index in [9.17, 15) is 9.59 Å². The minimum absolute atomic E-state index is 0.309. The average Bonchev–Trinajstić information content (AvgIpc) is 2.95. The van der Waals surface area contributed by atoms with Gasteiger partial charge in [-0.1, -0.05) is 6.08 Å². The zero-order valence-corrected chi connectivity index (χ0v) is 8.98. The molecule has 3 aliphatic rings. The highest BCUT2D eigenvalue weighted by Crippen LogP contribution is 2.44. The monoisotopic (exact) mass is 222 g/mol. The Bertz CT molecular complexity index is 371. The largest absolute Gasteiger partial charge is 0.463 e. The first kappa shape index (κ1) is 9.87. The molecule has 86 valence electrons. The van der Waals surface area contributed by atoms with E-state index >= 15 is 0 Å². The lowest BCUT2D eigenvalue weighted by Gasteiger charge is -2.14. The van der Waals surface area contributed by atoms with Crippen LogP contribution in [0.2, 0.25) is 0 Å². The third kappa shape index (κ3) is 1.52. The van der Waals surface area contributed by atoms with E-state index in [2.05, 4.69) is 0 Å². The number of ether oxygens (including phenoxy) is 2. The third-order valence-electron chi connectivity index (χ3n) is 3.70. The summed E-state index contributed by atoms with van der Waals surface area (Å²) in [6.45, 7) is 0.363. The van der Waals surface area contributed by atoms with Gasteiger partial charge in [-0.3, -0.25) is 0 Å². The van der Waals surface area contributed by atoms with Crippen LogP contribution in [0.4, 0.5) is 0 Å². The van der Waals surface area contributed by atoms with Gasteiger partial charge in [-0.15, -0.1) is 0 Å². The van der Waals surface area contributed by atoms with Gasteiger partial charge in [0.1, 0.15) is 0 Å². The predicted octanol–water partition coefficient (Wildman–Crippen LogP) is 1.20. The molecule has 3 atom stereocenters. The van der Waals surface area contributed by atoms with E-state index in [1.54, 1.807) is 0 Å².